The number of H-pyrrole nitrogens is 1. The van der Waals surface area contributed by atoms with E-state index in [0.29, 0.717) is 46.9 Å². The highest BCUT2D eigenvalue weighted by molar-refractivity contribution is 7.17. The van der Waals surface area contributed by atoms with Gasteiger partial charge in [0.05, 0.1) is 12.1 Å². The van der Waals surface area contributed by atoms with Crippen LogP contribution in [0.3, 0.4) is 0 Å². The third kappa shape index (κ3) is 4.83. The van der Waals surface area contributed by atoms with Gasteiger partial charge in [-0.2, -0.15) is 0 Å². The van der Waals surface area contributed by atoms with Crippen LogP contribution in [-0.2, 0) is 16.1 Å². The average Bonchev–Trinajstić information content (AvgIpc) is 3.45. The van der Waals surface area contributed by atoms with Gasteiger partial charge in [0.15, 0.2) is 0 Å². The van der Waals surface area contributed by atoms with E-state index in [1.807, 2.05) is 12.3 Å². The normalized spacial score (nSPS) is 15.8. The maximum Gasteiger partial charge on any atom is 0.268 e. The van der Waals surface area contributed by atoms with Crippen molar-refractivity contribution in [3.63, 3.8) is 0 Å². The van der Waals surface area contributed by atoms with E-state index in [0.717, 1.165) is 12.8 Å². The highest BCUT2D eigenvalue weighted by Crippen LogP contribution is 2.18. The molecular weight excluding hydrogens is 416 g/mol. The van der Waals surface area contributed by atoms with Gasteiger partial charge >= 0.3 is 0 Å². The van der Waals surface area contributed by atoms with Gasteiger partial charge in [-0.3, -0.25) is 14.4 Å². The van der Waals surface area contributed by atoms with Crippen molar-refractivity contribution in [1.29, 1.82) is 0 Å². The summed E-state index contributed by atoms with van der Waals surface area (Å²) in [5, 5.41) is 4.65. The summed E-state index contributed by atoms with van der Waals surface area (Å²) in [4.78, 5) is 46.7. The van der Waals surface area contributed by atoms with Gasteiger partial charge < -0.3 is 19.9 Å². The average molecular weight is 441 g/mol. The zero-order valence-electron chi connectivity index (χ0n) is 17.2. The standard InChI is InChI=1S/C22H24N4O4S/c1-2-9-26(13-18-24-16-8-11-31-19(16)21(28)25-18)22(29)14-5-3-6-15(12-14)23-20(27)17-7-4-10-30-17/h3,5-6,8,11-12,17H,2,4,7,9-10,13H2,1H3,(H,23,27)(H,24,25,28)/t17-/m0/s1. The summed E-state index contributed by atoms with van der Waals surface area (Å²) >= 11 is 1.34. The number of ether oxygens (including phenoxy) is 1. The van der Waals surface area contributed by atoms with Gasteiger partial charge in [0, 0.05) is 24.4 Å². The smallest absolute Gasteiger partial charge is 0.268 e. The Morgan fingerprint density at radius 2 is 2.23 bits per heavy atom. The summed E-state index contributed by atoms with van der Waals surface area (Å²) in [6.45, 7) is 3.28. The van der Waals surface area contributed by atoms with Crippen molar-refractivity contribution in [2.75, 3.05) is 18.5 Å². The second-order valence-electron chi connectivity index (χ2n) is 7.45. The van der Waals surface area contributed by atoms with Crippen molar-refractivity contribution in [3.05, 3.63) is 57.5 Å². The third-order valence-corrected chi connectivity index (χ3v) is 5.99. The Morgan fingerprint density at radius 3 is 3.00 bits per heavy atom. The number of carbonyl (C=O) groups is 2. The fraction of sp³-hybridized carbons (Fsp3) is 0.364. The molecular formula is C22H24N4O4S. The molecule has 3 aromatic rings. The van der Waals surface area contributed by atoms with E-state index in [1.165, 1.54) is 11.3 Å². The number of hydrogen-bond donors (Lipinski definition) is 2. The van der Waals surface area contributed by atoms with Crippen molar-refractivity contribution in [2.45, 2.75) is 38.8 Å². The van der Waals surface area contributed by atoms with Gasteiger partial charge in [0.2, 0.25) is 0 Å². The summed E-state index contributed by atoms with van der Waals surface area (Å²) in [5.41, 5.74) is 1.44. The van der Waals surface area contributed by atoms with Crippen molar-refractivity contribution < 1.29 is 14.3 Å². The molecule has 1 saturated heterocycles. The molecule has 3 heterocycles. The van der Waals surface area contributed by atoms with Gasteiger partial charge in [-0.25, -0.2) is 4.98 Å². The monoisotopic (exact) mass is 440 g/mol. The number of aromatic nitrogens is 2. The van der Waals surface area contributed by atoms with Gasteiger partial charge in [-0.05, 0) is 48.9 Å². The molecule has 9 heteroatoms. The molecule has 2 amide bonds. The molecule has 0 saturated carbocycles. The Morgan fingerprint density at radius 1 is 1.35 bits per heavy atom. The number of nitrogens with one attached hydrogen (secondary N) is 2. The van der Waals surface area contributed by atoms with Crippen LogP contribution in [0.25, 0.3) is 10.2 Å². The fourth-order valence-corrected chi connectivity index (χ4v) is 4.34. The van der Waals surface area contributed by atoms with Gasteiger partial charge in [-0.15, -0.1) is 11.3 Å². The van der Waals surface area contributed by atoms with E-state index in [2.05, 4.69) is 15.3 Å². The molecule has 4 rings (SSSR count). The van der Waals surface area contributed by atoms with Crippen molar-refractivity contribution in [3.8, 4) is 0 Å². The number of carbonyl (C=O) groups excluding carboxylic acids is 2. The topological polar surface area (TPSA) is 104 Å². The molecule has 31 heavy (non-hydrogen) atoms. The number of rotatable bonds is 7. The van der Waals surface area contributed by atoms with Crippen LogP contribution >= 0.6 is 11.3 Å². The van der Waals surface area contributed by atoms with Crippen molar-refractivity contribution in [1.82, 2.24) is 14.9 Å². The van der Waals surface area contributed by atoms with E-state index in [1.54, 1.807) is 35.2 Å². The number of benzene rings is 1. The Kier molecular flexibility index (Phi) is 6.43. The first-order chi connectivity index (χ1) is 15.0. The van der Waals surface area contributed by atoms with Crippen LogP contribution in [0.2, 0.25) is 0 Å². The summed E-state index contributed by atoms with van der Waals surface area (Å²) in [7, 11) is 0. The lowest BCUT2D eigenvalue weighted by atomic mass is 10.1. The number of nitrogens with zero attached hydrogens (tertiary/aromatic N) is 2. The van der Waals surface area contributed by atoms with Crippen LogP contribution in [0.1, 0.15) is 42.4 Å². The second kappa shape index (κ2) is 9.40. The first-order valence-corrected chi connectivity index (χ1v) is 11.2. The lowest BCUT2D eigenvalue weighted by Gasteiger charge is -2.22. The molecule has 2 aromatic heterocycles. The Balaban J connectivity index is 1.52. The highest BCUT2D eigenvalue weighted by Gasteiger charge is 2.24. The largest absolute Gasteiger partial charge is 0.368 e. The van der Waals surface area contributed by atoms with Gasteiger partial charge in [0.25, 0.3) is 17.4 Å². The summed E-state index contributed by atoms with van der Waals surface area (Å²) in [6, 6.07) is 8.66. The van der Waals surface area contributed by atoms with E-state index in [-0.39, 0.29) is 23.9 Å². The summed E-state index contributed by atoms with van der Waals surface area (Å²) in [6.07, 6.45) is 1.89. The molecule has 1 aliphatic rings. The highest BCUT2D eigenvalue weighted by atomic mass is 32.1. The minimum Gasteiger partial charge on any atom is -0.368 e. The zero-order valence-corrected chi connectivity index (χ0v) is 18.0. The van der Waals surface area contributed by atoms with E-state index < -0.39 is 6.10 Å². The molecule has 0 radical (unpaired) electrons. The number of fused-ring (bicyclic) bond motifs is 1. The molecule has 0 spiro atoms. The Hall–Kier alpha value is -3.04. The van der Waals surface area contributed by atoms with Crippen LogP contribution in [0.15, 0.2) is 40.5 Å². The second-order valence-corrected chi connectivity index (χ2v) is 8.36. The van der Waals surface area contributed by atoms with Gasteiger partial charge in [-0.1, -0.05) is 13.0 Å². The van der Waals surface area contributed by atoms with E-state index >= 15 is 0 Å². The molecule has 162 valence electrons. The number of hydrogen-bond acceptors (Lipinski definition) is 6. The Labute approximate surface area is 183 Å². The van der Waals surface area contributed by atoms with Crippen LogP contribution < -0.4 is 10.9 Å². The minimum absolute atomic E-state index is 0.192. The molecule has 0 aliphatic carbocycles. The van der Waals surface area contributed by atoms with Crippen LogP contribution in [-0.4, -0.2) is 45.9 Å². The maximum atomic E-state index is 13.2. The van der Waals surface area contributed by atoms with Gasteiger partial charge in [0.1, 0.15) is 16.6 Å². The molecule has 1 fully saturated rings. The maximum absolute atomic E-state index is 13.2. The first-order valence-electron chi connectivity index (χ1n) is 10.3. The lowest BCUT2D eigenvalue weighted by molar-refractivity contribution is -0.124. The predicted octanol–water partition coefficient (Wildman–Crippen LogP) is 3.15. The van der Waals surface area contributed by atoms with Crippen LogP contribution in [0, 0.1) is 0 Å². The number of amides is 2. The molecule has 0 unspecified atom stereocenters. The fourth-order valence-electron chi connectivity index (χ4n) is 3.62. The lowest BCUT2D eigenvalue weighted by Crippen LogP contribution is -2.33. The zero-order chi connectivity index (χ0) is 21.8. The minimum atomic E-state index is -0.439. The summed E-state index contributed by atoms with van der Waals surface area (Å²) in [5.74, 6) is 0.0574. The van der Waals surface area contributed by atoms with E-state index in [4.69, 9.17) is 4.74 Å². The van der Waals surface area contributed by atoms with Crippen molar-refractivity contribution >= 4 is 39.1 Å². The molecule has 2 N–H and O–H groups in total. The van der Waals surface area contributed by atoms with Crippen LogP contribution in [0.5, 0.6) is 0 Å². The third-order valence-electron chi connectivity index (χ3n) is 5.08. The van der Waals surface area contributed by atoms with Crippen LogP contribution in [0.4, 0.5) is 5.69 Å². The van der Waals surface area contributed by atoms with Crippen molar-refractivity contribution in [2.24, 2.45) is 0 Å². The summed E-state index contributed by atoms with van der Waals surface area (Å²) < 4.78 is 5.99. The molecule has 1 aromatic carbocycles. The SMILES string of the molecule is CCCN(Cc1nc2ccsc2c(=O)[nH]1)C(=O)c1cccc(NC(=O)[C@@H]2CCCO2)c1. The molecule has 1 aliphatic heterocycles. The van der Waals surface area contributed by atoms with E-state index in [9.17, 15) is 14.4 Å². The Bertz CT molecular complexity index is 1150. The number of anilines is 1. The number of aromatic amines is 1. The molecule has 1 atom stereocenters. The molecule has 8 nitrogen and oxygen atoms in total. The molecule has 0 bridgehead atoms. The quantitative estimate of drug-likeness (QED) is 0.587. The predicted molar refractivity (Wildman–Crippen MR) is 119 cm³/mol. The first kappa shape index (κ1) is 21.2. The number of thiophene rings is 1.